The van der Waals surface area contributed by atoms with Crippen LogP contribution in [0.2, 0.25) is 5.02 Å². The number of hydrogen-bond acceptors (Lipinski definition) is 4. The summed E-state index contributed by atoms with van der Waals surface area (Å²) in [4.78, 5) is 0. The van der Waals surface area contributed by atoms with Crippen molar-refractivity contribution in [1.82, 2.24) is 5.32 Å². The molecule has 0 fully saturated rings. The van der Waals surface area contributed by atoms with Gasteiger partial charge in [-0.2, -0.15) is 0 Å². The largest absolute Gasteiger partial charge is 0.493 e. The molecule has 1 aromatic carbocycles. The van der Waals surface area contributed by atoms with Gasteiger partial charge in [-0.3, -0.25) is 0 Å². The van der Waals surface area contributed by atoms with Crippen LogP contribution in [-0.2, 0) is 11.3 Å². The average molecular weight is 302 g/mol. The van der Waals surface area contributed by atoms with Crippen molar-refractivity contribution in [2.24, 2.45) is 0 Å². The van der Waals surface area contributed by atoms with E-state index in [-0.39, 0.29) is 6.10 Å². The molecule has 0 aliphatic rings. The van der Waals surface area contributed by atoms with Gasteiger partial charge in [-0.05, 0) is 13.0 Å². The van der Waals surface area contributed by atoms with Gasteiger partial charge in [-0.15, -0.1) is 0 Å². The van der Waals surface area contributed by atoms with Crippen molar-refractivity contribution >= 4 is 11.6 Å². The fourth-order valence-electron chi connectivity index (χ4n) is 1.65. The lowest BCUT2D eigenvalue weighted by Crippen LogP contribution is -2.23. The molecule has 1 N–H and O–H groups in total. The Kier molecular flexibility index (Phi) is 7.13. The first-order valence-corrected chi connectivity index (χ1v) is 7.11. The van der Waals surface area contributed by atoms with Crippen LogP contribution in [0.4, 0.5) is 0 Å². The molecular formula is C15H24ClNO3. The van der Waals surface area contributed by atoms with E-state index in [4.69, 9.17) is 25.8 Å². The highest BCUT2D eigenvalue weighted by Crippen LogP contribution is 2.35. The summed E-state index contributed by atoms with van der Waals surface area (Å²) < 4.78 is 16.4. The van der Waals surface area contributed by atoms with Crippen LogP contribution in [-0.4, -0.2) is 33.0 Å². The Bertz CT molecular complexity index is 424. The summed E-state index contributed by atoms with van der Waals surface area (Å²) in [7, 11) is 3.27. The van der Waals surface area contributed by atoms with Crippen molar-refractivity contribution in [1.29, 1.82) is 0 Å². The summed E-state index contributed by atoms with van der Waals surface area (Å²) >= 11 is 6.12. The van der Waals surface area contributed by atoms with Crippen molar-refractivity contribution in [3.63, 3.8) is 0 Å². The highest BCUT2D eigenvalue weighted by Gasteiger charge is 2.14. The lowest BCUT2D eigenvalue weighted by Gasteiger charge is -2.19. The van der Waals surface area contributed by atoms with E-state index in [1.807, 2.05) is 13.0 Å². The van der Waals surface area contributed by atoms with Gasteiger partial charge in [-0.1, -0.05) is 25.4 Å². The number of ether oxygens (including phenoxy) is 3. The minimum atomic E-state index is 0.0151. The maximum atomic E-state index is 6.12. The normalized spacial score (nSPS) is 12.6. The molecule has 5 heteroatoms. The minimum Gasteiger partial charge on any atom is -0.493 e. The molecule has 0 amide bonds. The molecule has 0 aliphatic carbocycles. The average Bonchev–Trinajstić information content (AvgIpc) is 2.42. The van der Waals surface area contributed by atoms with Crippen LogP contribution in [0.15, 0.2) is 12.1 Å². The van der Waals surface area contributed by atoms with Crippen LogP contribution in [0.3, 0.4) is 0 Å². The van der Waals surface area contributed by atoms with Gasteiger partial charge in [0.05, 0.1) is 13.2 Å². The van der Waals surface area contributed by atoms with Gasteiger partial charge in [0, 0.05) is 36.3 Å². The fourth-order valence-corrected chi connectivity index (χ4v) is 1.88. The molecule has 0 bridgehead atoms. The molecule has 1 rings (SSSR count). The van der Waals surface area contributed by atoms with E-state index in [1.54, 1.807) is 20.3 Å². The van der Waals surface area contributed by atoms with Crippen LogP contribution in [0.25, 0.3) is 0 Å². The quantitative estimate of drug-likeness (QED) is 0.800. The molecule has 0 spiro atoms. The van der Waals surface area contributed by atoms with Crippen molar-refractivity contribution in [3.8, 4) is 11.5 Å². The summed E-state index contributed by atoms with van der Waals surface area (Å²) in [6, 6.07) is 4.03. The third-order valence-electron chi connectivity index (χ3n) is 2.88. The zero-order chi connectivity index (χ0) is 15.1. The lowest BCUT2D eigenvalue weighted by atomic mass is 10.1. The molecule has 1 aromatic rings. The van der Waals surface area contributed by atoms with Crippen molar-refractivity contribution in [2.75, 3.05) is 20.8 Å². The highest BCUT2D eigenvalue weighted by molar-refractivity contribution is 6.30. The van der Waals surface area contributed by atoms with E-state index in [9.17, 15) is 0 Å². The monoisotopic (exact) mass is 301 g/mol. The molecule has 0 aromatic heterocycles. The van der Waals surface area contributed by atoms with Crippen LogP contribution in [0, 0.1) is 0 Å². The molecule has 1 atom stereocenters. The van der Waals surface area contributed by atoms with Gasteiger partial charge in [0.1, 0.15) is 6.61 Å². The second-order valence-corrected chi connectivity index (χ2v) is 5.43. The Balaban J connectivity index is 2.96. The van der Waals surface area contributed by atoms with Crippen LogP contribution < -0.4 is 14.8 Å². The summed E-state index contributed by atoms with van der Waals surface area (Å²) in [6.45, 7) is 7.27. The molecule has 0 saturated carbocycles. The Hall–Kier alpha value is -0.970. The van der Waals surface area contributed by atoms with Gasteiger partial charge in [-0.25, -0.2) is 0 Å². The van der Waals surface area contributed by atoms with Gasteiger partial charge < -0.3 is 19.5 Å². The number of hydrogen-bond donors (Lipinski definition) is 1. The number of benzene rings is 1. The SMILES string of the molecule is COc1cc(Cl)cc(CNC(C)C)c1OCC(C)OC. The molecule has 0 heterocycles. The molecule has 4 nitrogen and oxygen atoms in total. The van der Waals surface area contributed by atoms with E-state index < -0.39 is 0 Å². The van der Waals surface area contributed by atoms with Gasteiger partial charge in [0.25, 0.3) is 0 Å². The molecule has 0 saturated heterocycles. The van der Waals surface area contributed by atoms with Crippen molar-refractivity contribution in [3.05, 3.63) is 22.7 Å². The predicted molar refractivity (Wildman–Crippen MR) is 81.9 cm³/mol. The third-order valence-corrected chi connectivity index (χ3v) is 3.10. The van der Waals surface area contributed by atoms with Crippen LogP contribution >= 0.6 is 11.6 Å². The third kappa shape index (κ3) is 5.19. The van der Waals surface area contributed by atoms with Crippen molar-refractivity contribution < 1.29 is 14.2 Å². The summed E-state index contributed by atoms with van der Waals surface area (Å²) in [6.07, 6.45) is 0.0151. The minimum absolute atomic E-state index is 0.0151. The molecule has 1 unspecified atom stereocenters. The van der Waals surface area contributed by atoms with Crippen LogP contribution in [0.1, 0.15) is 26.3 Å². The van der Waals surface area contributed by atoms with Gasteiger partial charge in [0.15, 0.2) is 11.5 Å². The van der Waals surface area contributed by atoms with E-state index in [0.29, 0.717) is 35.7 Å². The zero-order valence-electron chi connectivity index (χ0n) is 12.8. The van der Waals surface area contributed by atoms with Gasteiger partial charge in [0.2, 0.25) is 0 Å². The second kappa shape index (κ2) is 8.35. The smallest absolute Gasteiger partial charge is 0.165 e. The standard InChI is InChI=1S/C15H24ClNO3/c1-10(2)17-8-12-6-13(16)7-14(19-5)15(12)20-9-11(3)18-4/h6-7,10-11,17H,8-9H2,1-5H3. The van der Waals surface area contributed by atoms with E-state index in [0.717, 1.165) is 5.56 Å². The Labute approximate surface area is 126 Å². The Morgan fingerprint density at radius 1 is 1.20 bits per heavy atom. The zero-order valence-corrected chi connectivity index (χ0v) is 13.6. The number of rotatable bonds is 8. The van der Waals surface area contributed by atoms with Gasteiger partial charge >= 0.3 is 0 Å². The summed E-state index contributed by atoms with van der Waals surface area (Å²) in [5, 5.41) is 3.99. The predicted octanol–water partition coefficient (Wildman–Crippen LogP) is 3.26. The second-order valence-electron chi connectivity index (χ2n) is 4.99. The molecular weight excluding hydrogens is 278 g/mol. The number of halogens is 1. The van der Waals surface area contributed by atoms with E-state index in [1.165, 1.54) is 0 Å². The first-order valence-electron chi connectivity index (χ1n) is 6.73. The Morgan fingerprint density at radius 2 is 1.90 bits per heavy atom. The van der Waals surface area contributed by atoms with Crippen molar-refractivity contribution in [2.45, 2.75) is 39.5 Å². The van der Waals surface area contributed by atoms with E-state index >= 15 is 0 Å². The summed E-state index contributed by atoms with van der Waals surface area (Å²) in [5.74, 6) is 1.36. The summed E-state index contributed by atoms with van der Waals surface area (Å²) in [5.41, 5.74) is 0.978. The molecule has 0 aliphatic heterocycles. The van der Waals surface area contributed by atoms with Crippen LogP contribution in [0.5, 0.6) is 11.5 Å². The van der Waals surface area contributed by atoms with E-state index in [2.05, 4.69) is 19.2 Å². The lowest BCUT2D eigenvalue weighted by molar-refractivity contribution is 0.0701. The fraction of sp³-hybridized carbons (Fsp3) is 0.600. The Morgan fingerprint density at radius 3 is 2.45 bits per heavy atom. The molecule has 20 heavy (non-hydrogen) atoms. The first-order chi connectivity index (χ1) is 9.47. The molecule has 0 radical (unpaired) electrons. The maximum Gasteiger partial charge on any atom is 0.165 e. The highest BCUT2D eigenvalue weighted by atomic mass is 35.5. The first kappa shape index (κ1) is 17.1. The topological polar surface area (TPSA) is 39.7 Å². The number of nitrogens with one attached hydrogen (secondary N) is 1. The molecule has 114 valence electrons. The maximum absolute atomic E-state index is 6.12. The number of methoxy groups -OCH3 is 2.